The summed E-state index contributed by atoms with van der Waals surface area (Å²) in [5.74, 6) is 1.37. The largest absolute Gasteiger partial charge is 0.310 e. The highest BCUT2D eigenvalue weighted by Crippen LogP contribution is 2.32. The first-order valence-electron chi connectivity index (χ1n) is 8.95. The van der Waals surface area contributed by atoms with Crippen molar-refractivity contribution in [3.63, 3.8) is 0 Å². The Bertz CT molecular complexity index is 767. The van der Waals surface area contributed by atoms with E-state index in [1.165, 1.54) is 0 Å². The van der Waals surface area contributed by atoms with Gasteiger partial charge in [0.05, 0.1) is 0 Å². The van der Waals surface area contributed by atoms with E-state index in [1.807, 2.05) is 30.5 Å². The number of anilines is 1. The Hall–Kier alpha value is -1.46. The zero-order valence-electron chi connectivity index (χ0n) is 15.2. The van der Waals surface area contributed by atoms with Gasteiger partial charge in [-0.1, -0.05) is 42.8 Å². The average Bonchev–Trinajstić information content (AvgIpc) is 2.56. The maximum atomic E-state index is 12.8. The number of benzene rings is 1. The zero-order chi connectivity index (χ0) is 18.0. The number of amides is 1. The minimum absolute atomic E-state index is 0.0820. The number of aromatic nitrogens is 1. The molecule has 0 aliphatic carbocycles. The molecular weight excluding hydrogens is 378 g/mol. The molecule has 1 amide bonds. The van der Waals surface area contributed by atoms with Gasteiger partial charge in [0.25, 0.3) is 0 Å². The van der Waals surface area contributed by atoms with E-state index in [9.17, 15) is 4.79 Å². The number of likely N-dealkylation sites (tertiary alicyclic amines) is 1. The predicted molar refractivity (Wildman–Crippen MR) is 107 cm³/mol. The smallest absolute Gasteiger partial charge is 0.231 e. The first-order chi connectivity index (χ1) is 11.9. The third-order valence-electron chi connectivity index (χ3n) is 5.06. The van der Waals surface area contributed by atoms with Crippen LogP contribution in [0, 0.1) is 11.3 Å². The number of nitrogens with one attached hydrogen (secondary N) is 1. The van der Waals surface area contributed by atoms with Crippen LogP contribution in [0.2, 0.25) is 0 Å². The topological polar surface area (TPSA) is 45.2 Å². The molecule has 1 aromatic carbocycles. The molecule has 5 heteroatoms. The number of pyridine rings is 1. The summed E-state index contributed by atoms with van der Waals surface area (Å²) in [6.45, 7) is 9.64. The van der Waals surface area contributed by atoms with E-state index < -0.39 is 0 Å². The van der Waals surface area contributed by atoms with Crippen molar-refractivity contribution in [1.29, 1.82) is 0 Å². The van der Waals surface area contributed by atoms with E-state index in [0.717, 1.165) is 47.7 Å². The number of nitrogens with zero attached hydrogens (tertiary/aromatic N) is 2. The average molecular weight is 404 g/mol. The predicted octanol–water partition coefficient (Wildman–Crippen LogP) is 4.69. The molecule has 25 heavy (non-hydrogen) atoms. The van der Waals surface area contributed by atoms with Gasteiger partial charge >= 0.3 is 0 Å². The molecule has 0 spiro atoms. The van der Waals surface area contributed by atoms with Crippen LogP contribution in [0.1, 0.15) is 33.6 Å². The van der Waals surface area contributed by atoms with Crippen molar-refractivity contribution in [3.8, 4) is 0 Å². The van der Waals surface area contributed by atoms with E-state index in [1.54, 1.807) is 0 Å². The van der Waals surface area contributed by atoms with E-state index in [4.69, 9.17) is 0 Å². The fraction of sp³-hybridized carbons (Fsp3) is 0.500. The Morgan fingerprint density at radius 2 is 2.00 bits per heavy atom. The van der Waals surface area contributed by atoms with E-state index >= 15 is 0 Å². The molecule has 134 valence electrons. The summed E-state index contributed by atoms with van der Waals surface area (Å²) in [4.78, 5) is 19.7. The second-order valence-corrected chi connectivity index (χ2v) is 8.69. The Kier molecular flexibility index (Phi) is 5.44. The lowest BCUT2D eigenvalue weighted by atomic mass is 9.79. The Morgan fingerprint density at radius 1 is 1.28 bits per heavy atom. The van der Waals surface area contributed by atoms with Crippen molar-refractivity contribution in [1.82, 2.24) is 9.88 Å². The van der Waals surface area contributed by atoms with Crippen LogP contribution < -0.4 is 5.32 Å². The quantitative estimate of drug-likeness (QED) is 0.804. The van der Waals surface area contributed by atoms with Crippen LogP contribution in [-0.2, 0) is 4.79 Å². The third-order valence-corrected chi connectivity index (χ3v) is 5.55. The summed E-state index contributed by atoms with van der Waals surface area (Å²) in [6.07, 6.45) is 3.60. The molecule has 4 nitrogen and oxygen atoms in total. The Labute approximate surface area is 158 Å². The van der Waals surface area contributed by atoms with Gasteiger partial charge in [-0.3, -0.25) is 4.79 Å². The second kappa shape index (κ2) is 7.42. The molecule has 1 saturated heterocycles. The molecule has 2 aromatic rings. The van der Waals surface area contributed by atoms with Crippen molar-refractivity contribution in [3.05, 3.63) is 34.9 Å². The van der Waals surface area contributed by atoms with Crippen molar-refractivity contribution < 1.29 is 4.79 Å². The Morgan fingerprint density at radius 3 is 2.68 bits per heavy atom. The molecule has 0 atom stereocenters. The number of hydrogen-bond donors (Lipinski definition) is 1. The standard InChI is InChI=1S/C20H26BrN3O/c1-14(2)13-24-8-6-20(3,7-9-24)19(25)23-18-11-16-10-17(21)5-4-15(16)12-22-18/h4-5,10-12,14H,6-9,13H2,1-3H3,(H,22,23,25). The number of piperidine rings is 1. The maximum Gasteiger partial charge on any atom is 0.231 e. The van der Waals surface area contributed by atoms with Gasteiger partial charge in [0.1, 0.15) is 5.82 Å². The normalized spacial score (nSPS) is 17.8. The molecule has 1 aliphatic heterocycles. The van der Waals surface area contributed by atoms with Gasteiger partial charge in [-0.05, 0) is 55.4 Å². The van der Waals surface area contributed by atoms with Gasteiger partial charge in [-0.15, -0.1) is 0 Å². The maximum absolute atomic E-state index is 12.8. The van der Waals surface area contributed by atoms with Gasteiger partial charge in [-0.25, -0.2) is 4.98 Å². The lowest BCUT2D eigenvalue weighted by Gasteiger charge is -2.38. The highest BCUT2D eigenvalue weighted by molar-refractivity contribution is 9.10. The fourth-order valence-corrected chi connectivity index (χ4v) is 3.80. The zero-order valence-corrected chi connectivity index (χ0v) is 16.8. The number of halogens is 1. The molecule has 0 saturated carbocycles. The van der Waals surface area contributed by atoms with Crippen molar-refractivity contribution in [2.24, 2.45) is 11.3 Å². The van der Waals surface area contributed by atoms with Crippen molar-refractivity contribution in [2.45, 2.75) is 33.6 Å². The minimum atomic E-state index is -0.318. The summed E-state index contributed by atoms with van der Waals surface area (Å²) in [5.41, 5.74) is -0.318. The second-order valence-electron chi connectivity index (χ2n) is 7.77. The van der Waals surface area contributed by atoms with E-state index in [2.05, 4.69) is 51.9 Å². The first kappa shape index (κ1) is 18.3. The molecule has 1 aromatic heterocycles. The molecule has 0 bridgehead atoms. The molecule has 1 fully saturated rings. The molecule has 0 radical (unpaired) electrons. The monoisotopic (exact) mass is 403 g/mol. The molecular formula is C20H26BrN3O. The van der Waals surface area contributed by atoms with Crippen LogP contribution in [0.3, 0.4) is 0 Å². The van der Waals surface area contributed by atoms with Crippen molar-refractivity contribution in [2.75, 3.05) is 25.0 Å². The fourth-order valence-electron chi connectivity index (χ4n) is 3.42. The summed E-state index contributed by atoms with van der Waals surface area (Å²) in [6, 6.07) is 7.99. The first-order valence-corrected chi connectivity index (χ1v) is 9.74. The van der Waals surface area contributed by atoms with Gasteiger partial charge < -0.3 is 10.2 Å². The molecule has 0 unspecified atom stereocenters. The van der Waals surface area contributed by atoms with E-state index in [-0.39, 0.29) is 11.3 Å². The summed E-state index contributed by atoms with van der Waals surface area (Å²) in [5, 5.41) is 5.17. The van der Waals surface area contributed by atoms with Crippen LogP contribution >= 0.6 is 15.9 Å². The van der Waals surface area contributed by atoms with Crippen LogP contribution in [0.25, 0.3) is 10.8 Å². The van der Waals surface area contributed by atoms with Gasteiger partial charge in [-0.2, -0.15) is 0 Å². The van der Waals surface area contributed by atoms with Crippen LogP contribution in [0.5, 0.6) is 0 Å². The molecule has 1 N–H and O–H groups in total. The van der Waals surface area contributed by atoms with E-state index in [0.29, 0.717) is 11.7 Å². The minimum Gasteiger partial charge on any atom is -0.310 e. The highest BCUT2D eigenvalue weighted by Gasteiger charge is 2.37. The lowest BCUT2D eigenvalue weighted by molar-refractivity contribution is -0.127. The number of carbonyl (C=O) groups is 1. The van der Waals surface area contributed by atoms with Crippen molar-refractivity contribution >= 4 is 38.4 Å². The van der Waals surface area contributed by atoms with Gasteiger partial charge in [0.15, 0.2) is 0 Å². The molecule has 3 rings (SSSR count). The SMILES string of the molecule is CC(C)CN1CCC(C)(C(=O)Nc2cc3cc(Br)ccc3cn2)CC1. The third kappa shape index (κ3) is 4.39. The summed E-state index contributed by atoms with van der Waals surface area (Å²) >= 11 is 3.49. The number of rotatable bonds is 4. The Balaban J connectivity index is 1.67. The van der Waals surface area contributed by atoms with Crippen LogP contribution in [-0.4, -0.2) is 35.4 Å². The number of fused-ring (bicyclic) bond motifs is 1. The van der Waals surface area contributed by atoms with Gasteiger partial charge in [0.2, 0.25) is 5.91 Å². The van der Waals surface area contributed by atoms with Crippen LogP contribution in [0.4, 0.5) is 5.82 Å². The highest BCUT2D eigenvalue weighted by atomic mass is 79.9. The van der Waals surface area contributed by atoms with Gasteiger partial charge in [0, 0.05) is 28.0 Å². The molecule has 2 heterocycles. The number of carbonyl (C=O) groups excluding carboxylic acids is 1. The lowest BCUT2D eigenvalue weighted by Crippen LogP contribution is -2.45. The summed E-state index contributed by atoms with van der Waals surface area (Å²) < 4.78 is 1.02. The van der Waals surface area contributed by atoms with Crippen LogP contribution in [0.15, 0.2) is 34.9 Å². The number of hydrogen-bond acceptors (Lipinski definition) is 3. The molecule has 1 aliphatic rings. The summed E-state index contributed by atoms with van der Waals surface area (Å²) in [7, 11) is 0.